The van der Waals surface area contributed by atoms with Crippen LogP contribution in [-0.4, -0.2) is 10.1 Å². The van der Waals surface area contributed by atoms with Gasteiger partial charge in [0.25, 0.3) is 0 Å². The molecule has 0 saturated carbocycles. The largest absolute Gasteiger partial charge is 0.436 e. The van der Waals surface area contributed by atoms with Gasteiger partial charge in [0.1, 0.15) is 0 Å². The van der Waals surface area contributed by atoms with Crippen LogP contribution in [-0.2, 0) is 13.0 Å². The molecule has 2 rings (SSSR count). The minimum Gasteiger partial charge on any atom is -0.436 e. The second-order valence-electron chi connectivity index (χ2n) is 4.31. The molecule has 1 aromatic carbocycles. The van der Waals surface area contributed by atoms with Gasteiger partial charge in [0.05, 0.1) is 6.61 Å². The van der Waals surface area contributed by atoms with E-state index in [1.54, 1.807) is 37.3 Å². The minimum atomic E-state index is -0.392. The van der Waals surface area contributed by atoms with Crippen LogP contribution < -0.4 is 4.74 Å². The molecule has 1 N–H and O–H groups in total. The molecule has 100 valence electrons. The summed E-state index contributed by atoms with van der Waals surface area (Å²) < 4.78 is 19.3. The average Bonchev–Trinajstić information content (AvgIpc) is 2.43. The summed E-state index contributed by atoms with van der Waals surface area (Å²) in [5, 5.41) is 9.19. The third-order valence-electron chi connectivity index (χ3n) is 2.83. The first-order chi connectivity index (χ1) is 9.13. The number of ether oxygens (including phenoxy) is 1. The molecule has 0 aliphatic rings. The van der Waals surface area contributed by atoms with Gasteiger partial charge in [-0.2, -0.15) is 0 Å². The number of hydrogen-bond donors (Lipinski definition) is 1. The lowest BCUT2D eigenvalue weighted by atomic mass is 10.2. The Balaban J connectivity index is 2.34. The SMILES string of the molecule is CCc1cc(CO)cc(Oc2cccc(C)c2F)n1. The molecule has 0 bridgehead atoms. The van der Waals surface area contributed by atoms with E-state index in [-0.39, 0.29) is 12.4 Å². The highest BCUT2D eigenvalue weighted by atomic mass is 19.1. The number of rotatable bonds is 4. The lowest BCUT2D eigenvalue weighted by Gasteiger charge is -2.09. The molecule has 0 aliphatic carbocycles. The van der Waals surface area contributed by atoms with Gasteiger partial charge in [-0.05, 0) is 36.6 Å². The van der Waals surface area contributed by atoms with Crippen molar-refractivity contribution in [2.24, 2.45) is 0 Å². The topological polar surface area (TPSA) is 42.4 Å². The maximum atomic E-state index is 13.9. The van der Waals surface area contributed by atoms with Crippen LogP contribution in [0.15, 0.2) is 30.3 Å². The van der Waals surface area contributed by atoms with Crippen LogP contribution in [0.2, 0.25) is 0 Å². The number of benzene rings is 1. The predicted octanol–water partition coefficient (Wildman–Crippen LogP) is 3.38. The maximum absolute atomic E-state index is 13.9. The van der Waals surface area contributed by atoms with Gasteiger partial charge in [-0.15, -0.1) is 0 Å². The number of aromatic nitrogens is 1. The first-order valence-corrected chi connectivity index (χ1v) is 6.17. The number of pyridine rings is 1. The van der Waals surface area contributed by atoms with Crippen molar-refractivity contribution in [2.75, 3.05) is 0 Å². The van der Waals surface area contributed by atoms with Crippen LogP contribution >= 0.6 is 0 Å². The van der Waals surface area contributed by atoms with Crippen molar-refractivity contribution in [1.82, 2.24) is 4.98 Å². The maximum Gasteiger partial charge on any atom is 0.219 e. The van der Waals surface area contributed by atoms with Gasteiger partial charge < -0.3 is 9.84 Å². The van der Waals surface area contributed by atoms with E-state index in [4.69, 9.17) is 4.74 Å². The van der Waals surface area contributed by atoms with E-state index >= 15 is 0 Å². The highest BCUT2D eigenvalue weighted by Crippen LogP contribution is 2.26. The zero-order valence-electron chi connectivity index (χ0n) is 11.0. The molecular formula is C15H16FNO2. The third kappa shape index (κ3) is 3.09. The molecule has 0 atom stereocenters. The van der Waals surface area contributed by atoms with Crippen molar-refractivity contribution >= 4 is 0 Å². The van der Waals surface area contributed by atoms with Gasteiger partial charge in [0, 0.05) is 11.8 Å². The molecule has 0 aliphatic heterocycles. The number of nitrogens with zero attached hydrogens (tertiary/aromatic N) is 1. The number of aliphatic hydroxyl groups excluding tert-OH is 1. The van der Waals surface area contributed by atoms with Gasteiger partial charge in [0.15, 0.2) is 11.6 Å². The van der Waals surface area contributed by atoms with Crippen LogP contribution in [0.4, 0.5) is 4.39 Å². The molecular weight excluding hydrogens is 245 g/mol. The van der Waals surface area contributed by atoms with E-state index in [0.717, 1.165) is 12.1 Å². The smallest absolute Gasteiger partial charge is 0.219 e. The average molecular weight is 261 g/mol. The Labute approximate surface area is 111 Å². The first kappa shape index (κ1) is 13.5. The molecule has 1 heterocycles. The van der Waals surface area contributed by atoms with Gasteiger partial charge in [-0.25, -0.2) is 9.37 Å². The molecule has 0 radical (unpaired) electrons. The van der Waals surface area contributed by atoms with Crippen molar-refractivity contribution in [3.8, 4) is 11.6 Å². The first-order valence-electron chi connectivity index (χ1n) is 6.17. The predicted molar refractivity (Wildman–Crippen MR) is 70.7 cm³/mol. The molecule has 2 aromatic rings. The van der Waals surface area contributed by atoms with Crippen LogP contribution in [0.25, 0.3) is 0 Å². The van der Waals surface area contributed by atoms with Crippen LogP contribution in [0.5, 0.6) is 11.6 Å². The number of aliphatic hydroxyl groups is 1. The van der Waals surface area contributed by atoms with Crippen molar-refractivity contribution in [3.63, 3.8) is 0 Å². The summed E-state index contributed by atoms with van der Waals surface area (Å²) in [7, 11) is 0. The van der Waals surface area contributed by atoms with Crippen LogP contribution in [0.3, 0.4) is 0 Å². The Morgan fingerprint density at radius 3 is 2.79 bits per heavy atom. The normalized spacial score (nSPS) is 10.5. The summed E-state index contributed by atoms with van der Waals surface area (Å²) in [6.07, 6.45) is 0.723. The summed E-state index contributed by atoms with van der Waals surface area (Å²) >= 11 is 0. The molecule has 0 amide bonds. The fourth-order valence-corrected chi connectivity index (χ4v) is 1.76. The Bertz CT molecular complexity index is 562. The summed E-state index contributed by atoms with van der Waals surface area (Å²) in [6.45, 7) is 3.54. The summed E-state index contributed by atoms with van der Waals surface area (Å²) in [6, 6.07) is 8.38. The van der Waals surface area contributed by atoms with Crippen molar-refractivity contribution < 1.29 is 14.2 Å². The highest BCUT2D eigenvalue weighted by Gasteiger charge is 2.09. The number of aryl methyl sites for hydroxylation is 2. The number of hydrogen-bond acceptors (Lipinski definition) is 3. The van der Waals surface area contributed by atoms with E-state index in [1.807, 2.05) is 6.92 Å². The van der Waals surface area contributed by atoms with E-state index in [9.17, 15) is 9.50 Å². The molecule has 0 fully saturated rings. The molecule has 0 saturated heterocycles. The monoisotopic (exact) mass is 261 g/mol. The van der Waals surface area contributed by atoms with E-state index in [2.05, 4.69) is 4.98 Å². The third-order valence-corrected chi connectivity index (χ3v) is 2.83. The van der Waals surface area contributed by atoms with Crippen molar-refractivity contribution in [3.05, 3.63) is 53.0 Å². The molecule has 1 aromatic heterocycles. The molecule has 3 nitrogen and oxygen atoms in total. The molecule has 4 heteroatoms. The molecule has 19 heavy (non-hydrogen) atoms. The van der Waals surface area contributed by atoms with E-state index < -0.39 is 5.82 Å². The molecule has 0 unspecified atom stereocenters. The van der Waals surface area contributed by atoms with Crippen LogP contribution in [0, 0.1) is 12.7 Å². The standard InChI is InChI=1S/C15H16FNO2/c1-3-12-7-11(9-18)8-14(17-12)19-13-6-4-5-10(2)15(13)16/h4-8,18H,3,9H2,1-2H3. The summed E-state index contributed by atoms with van der Waals surface area (Å²) in [5.41, 5.74) is 2.02. The zero-order chi connectivity index (χ0) is 13.8. The fourth-order valence-electron chi connectivity index (χ4n) is 1.76. The Hall–Kier alpha value is -1.94. The Morgan fingerprint density at radius 2 is 2.11 bits per heavy atom. The number of halogens is 1. The highest BCUT2D eigenvalue weighted by molar-refractivity contribution is 5.34. The van der Waals surface area contributed by atoms with Gasteiger partial charge in [-0.3, -0.25) is 0 Å². The second-order valence-corrected chi connectivity index (χ2v) is 4.31. The van der Waals surface area contributed by atoms with Crippen molar-refractivity contribution in [1.29, 1.82) is 0 Å². The van der Waals surface area contributed by atoms with E-state index in [0.29, 0.717) is 17.0 Å². The lowest BCUT2D eigenvalue weighted by Crippen LogP contribution is -1.97. The Morgan fingerprint density at radius 1 is 1.32 bits per heavy atom. The lowest BCUT2D eigenvalue weighted by molar-refractivity contribution is 0.280. The van der Waals surface area contributed by atoms with Crippen LogP contribution in [0.1, 0.15) is 23.7 Å². The zero-order valence-corrected chi connectivity index (χ0v) is 11.0. The summed E-state index contributed by atoms with van der Waals surface area (Å²) in [5.74, 6) is 0.0503. The summed E-state index contributed by atoms with van der Waals surface area (Å²) in [4.78, 5) is 4.27. The van der Waals surface area contributed by atoms with Gasteiger partial charge in [-0.1, -0.05) is 19.1 Å². The fraction of sp³-hybridized carbons (Fsp3) is 0.267. The van der Waals surface area contributed by atoms with E-state index in [1.165, 1.54) is 0 Å². The van der Waals surface area contributed by atoms with Gasteiger partial charge in [0.2, 0.25) is 5.88 Å². The van der Waals surface area contributed by atoms with Crippen molar-refractivity contribution in [2.45, 2.75) is 26.9 Å². The Kier molecular flexibility index (Phi) is 4.12. The molecule has 0 spiro atoms. The quantitative estimate of drug-likeness (QED) is 0.917. The van der Waals surface area contributed by atoms with Gasteiger partial charge >= 0.3 is 0 Å². The minimum absolute atomic E-state index is 0.0951. The second kappa shape index (κ2) is 5.80.